The summed E-state index contributed by atoms with van der Waals surface area (Å²) in [5.74, 6) is -0.0691. The largest absolute Gasteiger partial charge is 0.484 e. The van der Waals surface area contributed by atoms with E-state index in [1.54, 1.807) is 24.3 Å². The highest BCUT2D eigenvalue weighted by atomic mass is 35.5. The Bertz CT molecular complexity index is 908. The van der Waals surface area contributed by atoms with Crippen LogP contribution in [0.15, 0.2) is 36.4 Å². The maximum atomic E-state index is 13.3. The Morgan fingerprint density at radius 3 is 2.25 bits per heavy atom. The van der Waals surface area contributed by atoms with E-state index < -0.39 is 6.04 Å². The third kappa shape index (κ3) is 7.23. The van der Waals surface area contributed by atoms with Crippen LogP contribution in [0.3, 0.4) is 0 Å². The molecular weight excluding hydrogens is 431 g/mol. The SMILES string of the molecule is CC[C@H](C(=O)NCC(C)C)N(Cc1ccc(F)cc1)C(=O)COc1cc(C)c(Cl)c(C)c1. The quantitative estimate of drug-likeness (QED) is 0.537. The van der Waals surface area contributed by atoms with Crippen LogP contribution >= 0.6 is 11.6 Å². The predicted octanol–water partition coefficient (Wildman–Crippen LogP) is 5.05. The van der Waals surface area contributed by atoms with Gasteiger partial charge in [0.15, 0.2) is 6.61 Å². The van der Waals surface area contributed by atoms with Crippen LogP contribution in [0.25, 0.3) is 0 Å². The van der Waals surface area contributed by atoms with Crippen molar-refractivity contribution in [1.29, 1.82) is 0 Å². The van der Waals surface area contributed by atoms with Gasteiger partial charge in [-0.15, -0.1) is 0 Å². The second-order valence-electron chi connectivity index (χ2n) is 8.37. The Morgan fingerprint density at radius 2 is 1.72 bits per heavy atom. The van der Waals surface area contributed by atoms with Gasteiger partial charge < -0.3 is 15.0 Å². The smallest absolute Gasteiger partial charge is 0.261 e. The molecule has 0 radical (unpaired) electrons. The molecule has 0 aliphatic carbocycles. The van der Waals surface area contributed by atoms with Crippen LogP contribution in [-0.2, 0) is 16.1 Å². The van der Waals surface area contributed by atoms with Crippen LogP contribution in [-0.4, -0.2) is 35.9 Å². The molecule has 0 aromatic heterocycles. The molecule has 2 rings (SSSR count). The molecule has 5 nitrogen and oxygen atoms in total. The van der Waals surface area contributed by atoms with Crippen LogP contribution in [0.5, 0.6) is 5.75 Å². The van der Waals surface area contributed by atoms with Crippen LogP contribution in [0.1, 0.15) is 43.9 Å². The van der Waals surface area contributed by atoms with Gasteiger partial charge in [-0.1, -0.05) is 44.5 Å². The van der Waals surface area contributed by atoms with Crippen molar-refractivity contribution in [3.05, 3.63) is 63.9 Å². The molecule has 0 saturated carbocycles. The topological polar surface area (TPSA) is 58.6 Å². The van der Waals surface area contributed by atoms with Gasteiger partial charge in [0.2, 0.25) is 5.91 Å². The lowest BCUT2D eigenvalue weighted by atomic mass is 10.1. The number of amides is 2. The number of benzene rings is 2. The molecule has 0 aliphatic rings. The van der Waals surface area contributed by atoms with E-state index in [9.17, 15) is 14.0 Å². The van der Waals surface area contributed by atoms with Crippen LogP contribution in [0.4, 0.5) is 4.39 Å². The molecular formula is C25H32ClFN2O3. The number of rotatable bonds is 10. The third-order valence-electron chi connectivity index (χ3n) is 5.11. The molecule has 174 valence electrons. The normalized spacial score (nSPS) is 11.9. The fourth-order valence-corrected chi connectivity index (χ4v) is 3.46. The van der Waals surface area contributed by atoms with E-state index in [0.29, 0.717) is 23.7 Å². The predicted molar refractivity (Wildman–Crippen MR) is 125 cm³/mol. The number of hydrogen-bond donors (Lipinski definition) is 1. The second-order valence-corrected chi connectivity index (χ2v) is 8.75. The van der Waals surface area contributed by atoms with Crippen molar-refractivity contribution in [3.63, 3.8) is 0 Å². The zero-order chi connectivity index (χ0) is 23.8. The number of carbonyl (C=O) groups is 2. The van der Waals surface area contributed by atoms with Crippen LogP contribution < -0.4 is 10.1 Å². The minimum atomic E-state index is -0.663. The highest BCUT2D eigenvalue weighted by Gasteiger charge is 2.29. The van der Waals surface area contributed by atoms with Crippen molar-refractivity contribution in [2.24, 2.45) is 5.92 Å². The molecule has 32 heavy (non-hydrogen) atoms. The first-order valence-electron chi connectivity index (χ1n) is 10.8. The molecule has 0 aliphatic heterocycles. The molecule has 1 N–H and O–H groups in total. The van der Waals surface area contributed by atoms with Crippen molar-refractivity contribution in [1.82, 2.24) is 10.2 Å². The number of nitrogens with one attached hydrogen (secondary N) is 1. The van der Waals surface area contributed by atoms with E-state index in [-0.39, 0.29) is 36.7 Å². The second kappa shape index (κ2) is 11.9. The lowest BCUT2D eigenvalue weighted by Gasteiger charge is -2.31. The van der Waals surface area contributed by atoms with Crippen molar-refractivity contribution < 1.29 is 18.7 Å². The molecule has 1 atom stereocenters. The summed E-state index contributed by atoms with van der Waals surface area (Å²) in [7, 11) is 0. The Hall–Kier alpha value is -2.60. The fraction of sp³-hybridized carbons (Fsp3) is 0.440. The van der Waals surface area contributed by atoms with Crippen molar-refractivity contribution in [3.8, 4) is 5.75 Å². The molecule has 2 aromatic carbocycles. The number of hydrogen-bond acceptors (Lipinski definition) is 3. The maximum absolute atomic E-state index is 13.3. The lowest BCUT2D eigenvalue weighted by molar-refractivity contribution is -0.143. The summed E-state index contributed by atoms with van der Waals surface area (Å²) in [5.41, 5.74) is 2.45. The third-order valence-corrected chi connectivity index (χ3v) is 5.71. The number of aryl methyl sites for hydroxylation is 2. The summed E-state index contributed by atoms with van der Waals surface area (Å²) < 4.78 is 19.1. The zero-order valence-corrected chi connectivity index (χ0v) is 20.1. The van der Waals surface area contributed by atoms with E-state index in [2.05, 4.69) is 5.32 Å². The van der Waals surface area contributed by atoms with Gasteiger partial charge in [0.05, 0.1) is 0 Å². The molecule has 0 bridgehead atoms. The van der Waals surface area contributed by atoms with E-state index in [1.165, 1.54) is 17.0 Å². The first-order valence-corrected chi connectivity index (χ1v) is 11.2. The van der Waals surface area contributed by atoms with E-state index in [0.717, 1.165) is 16.7 Å². The summed E-state index contributed by atoms with van der Waals surface area (Å²) in [6.45, 7) is 10.1. The Balaban J connectivity index is 2.22. The van der Waals surface area contributed by atoms with Crippen molar-refractivity contribution in [2.75, 3.05) is 13.2 Å². The molecule has 0 unspecified atom stereocenters. The Kier molecular flexibility index (Phi) is 9.51. The van der Waals surface area contributed by atoms with Gasteiger partial charge in [0, 0.05) is 18.1 Å². The molecule has 2 aromatic rings. The zero-order valence-electron chi connectivity index (χ0n) is 19.4. The van der Waals surface area contributed by atoms with Crippen LogP contribution in [0, 0.1) is 25.6 Å². The highest BCUT2D eigenvalue weighted by Crippen LogP contribution is 2.26. The first-order chi connectivity index (χ1) is 15.1. The Labute approximate surface area is 194 Å². The molecule has 0 saturated heterocycles. The monoisotopic (exact) mass is 462 g/mol. The molecule has 7 heteroatoms. The van der Waals surface area contributed by atoms with Gasteiger partial charge >= 0.3 is 0 Å². The van der Waals surface area contributed by atoms with Gasteiger partial charge in [-0.3, -0.25) is 9.59 Å². The molecule has 2 amide bonds. The fourth-order valence-electron chi connectivity index (χ4n) is 3.35. The minimum absolute atomic E-state index is 0.175. The number of carbonyl (C=O) groups excluding carboxylic acids is 2. The first kappa shape index (κ1) is 25.7. The van der Waals surface area contributed by atoms with Gasteiger partial charge in [0.1, 0.15) is 17.6 Å². The average molecular weight is 463 g/mol. The maximum Gasteiger partial charge on any atom is 0.261 e. The van der Waals surface area contributed by atoms with Gasteiger partial charge in [-0.25, -0.2) is 4.39 Å². The summed E-state index contributed by atoms with van der Waals surface area (Å²) in [6.07, 6.45) is 0.441. The van der Waals surface area contributed by atoms with E-state index in [4.69, 9.17) is 16.3 Å². The van der Waals surface area contributed by atoms with E-state index in [1.807, 2.05) is 34.6 Å². The van der Waals surface area contributed by atoms with Gasteiger partial charge in [-0.05, 0) is 67.1 Å². The van der Waals surface area contributed by atoms with Gasteiger partial charge in [-0.2, -0.15) is 0 Å². The van der Waals surface area contributed by atoms with Crippen LogP contribution in [0.2, 0.25) is 5.02 Å². The van der Waals surface area contributed by atoms with E-state index >= 15 is 0 Å². The lowest BCUT2D eigenvalue weighted by Crippen LogP contribution is -2.50. The summed E-state index contributed by atoms with van der Waals surface area (Å²) >= 11 is 6.21. The highest BCUT2D eigenvalue weighted by molar-refractivity contribution is 6.32. The summed E-state index contributed by atoms with van der Waals surface area (Å²) in [6, 6.07) is 8.80. The standard InChI is InChI=1S/C25H32ClFN2O3/c1-6-22(25(31)28-13-16(2)3)29(14-19-7-9-20(27)10-8-19)23(30)15-32-21-11-17(4)24(26)18(5)12-21/h7-12,16,22H,6,13-15H2,1-5H3,(H,28,31)/t22-/m1/s1. The van der Waals surface area contributed by atoms with Crippen molar-refractivity contribution in [2.45, 2.75) is 53.6 Å². The van der Waals surface area contributed by atoms with Crippen molar-refractivity contribution >= 4 is 23.4 Å². The number of nitrogens with zero attached hydrogens (tertiary/aromatic N) is 1. The molecule has 0 spiro atoms. The summed E-state index contributed by atoms with van der Waals surface area (Å²) in [5, 5.41) is 3.57. The summed E-state index contributed by atoms with van der Waals surface area (Å²) in [4.78, 5) is 27.5. The minimum Gasteiger partial charge on any atom is -0.484 e. The van der Waals surface area contributed by atoms with Gasteiger partial charge in [0.25, 0.3) is 5.91 Å². The Morgan fingerprint density at radius 1 is 1.12 bits per heavy atom. The average Bonchev–Trinajstić information content (AvgIpc) is 2.75. The number of halogens is 2. The molecule has 0 heterocycles. The number of ether oxygens (including phenoxy) is 1. The molecule has 0 fully saturated rings.